The van der Waals surface area contributed by atoms with E-state index in [0.29, 0.717) is 10.8 Å². The second-order valence-corrected chi connectivity index (χ2v) is 6.22. The van der Waals surface area contributed by atoms with Crippen molar-refractivity contribution in [2.24, 2.45) is 0 Å². The summed E-state index contributed by atoms with van der Waals surface area (Å²) in [5.74, 6) is -1.62. The number of carbonyl (C=O) groups is 2. The molecule has 0 bridgehead atoms. The first-order chi connectivity index (χ1) is 12.9. The van der Waals surface area contributed by atoms with Crippen molar-refractivity contribution >= 4 is 29.6 Å². The molecule has 0 heterocycles. The van der Waals surface area contributed by atoms with Crippen LogP contribution < -0.4 is 15.2 Å². The van der Waals surface area contributed by atoms with E-state index in [-0.39, 0.29) is 12.3 Å². The molecule has 0 fully saturated rings. The summed E-state index contributed by atoms with van der Waals surface area (Å²) in [5.41, 5.74) is 2.20. The minimum atomic E-state index is -1.49. The molecule has 5 nitrogen and oxygen atoms in total. The SMILES string of the molecule is Cc1cc(OCC(=O)N/C(=C/C=C/c2ccccc2)C(=O)[O-])cc(C)c1Cl. The van der Waals surface area contributed by atoms with Gasteiger partial charge in [0, 0.05) is 5.02 Å². The number of halogens is 1. The van der Waals surface area contributed by atoms with Gasteiger partial charge in [-0.2, -0.15) is 0 Å². The Balaban J connectivity index is 1.97. The van der Waals surface area contributed by atoms with Gasteiger partial charge in [0.25, 0.3) is 5.91 Å². The standard InChI is InChI=1S/C21H20ClNO4/c1-14-11-17(12-15(2)20(14)22)27-13-19(24)23-18(21(25)26)10-6-9-16-7-4-3-5-8-16/h3-12H,13H2,1-2H3,(H,23,24)(H,25,26)/p-1/b9-6+,18-10+. The molecule has 1 amide bonds. The molecule has 2 aromatic rings. The number of carboxylic acids is 1. The average Bonchev–Trinajstić information content (AvgIpc) is 2.64. The number of carbonyl (C=O) groups excluding carboxylic acids is 2. The lowest BCUT2D eigenvalue weighted by Gasteiger charge is -2.12. The van der Waals surface area contributed by atoms with Gasteiger partial charge in [-0.15, -0.1) is 0 Å². The molecule has 0 aliphatic heterocycles. The maximum Gasteiger partial charge on any atom is 0.262 e. The van der Waals surface area contributed by atoms with Gasteiger partial charge < -0.3 is 20.0 Å². The van der Waals surface area contributed by atoms with Crippen molar-refractivity contribution in [1.29, 1.82) is 0 Å². The largest absolute Gasteiger partial charge is 0.543 e. The second kappa shape index (κ2) is 9.59. The summed E-state index contributed by atoms with van der Waals surface area (Å²) in [6.07, 6.45) is 4.50. The summed E-state index contributed by atoms with van der Waals surface area (Å²) in [6.45, 7) is 3.32. The molecule has 2 aromatic carbocycles. The number of carboxylic acid groups (broad SMARTS) is 1. The van der Waals surface area contributed by atoms with Crippen LogP contribution in [-0.2, 0) is 9.59 Å². The van der Waals surface area contributed by atoms with E-state index in [4.69, 9.17) is 16.3 Å². The molecule has 2 rings (SSSR count). The molecular formula is C21H19ClNO4-. The first kappa shape index (κ1) is 20.3. The predicted octanol–water partition coefficient (Wildman–Crippen LogP) is 2.80. The number of benzene rings is 2. The third-order valence-corrected chi connectivity index (χ3v) is 4.22. The molecule has 0 aliphatic rings. The summed E-state index contributed by atoms with van der Waals surface area (Å²) in [5, 5.41) is 14.1. The number of allylic oxidation sites excluding steroid dienone is 2. The first-order valence-corrected chi connectivity index (χ1v) is 8.59. The van der Waals surface area contributed by atoms with Crippen LogP contribution in [0.1, 0.15) is 16.7 Å². The molecule has 27 heavy (non-hydrogen) atoms. The van der Waals surface area contributed by atoms with E-state index in [1.807, 2.05) is 44.2 Å². The number of aryl methyl sites for hydroxylation is 2. The van der Waals surface area contributed by atoms with Crippen LogP contribution in [0.4, 0.5) is 0 Å². The van der Waals surface area contributed by atoms with Crippen LogP contribution in [0.2, 0.25) is 5.02 Å². The lowest BCUT2D eigenvalue weighted by atomic mass is 10.1. The zero-order valence-corrected chi connectivity index (χ0v) is 15.7. The van der Waals surface area contributed by atoms with Crippen LogP contribution in [0.15, 0.2) is 60.3 Å². The van der Waals surface area contributed by atoms with Crippen molar-refractivity contribution in [3.8, 4) is 5.75 Å². The molecule has 1 N–H and O–H groups in total. The molecule has 140 valence electrons. The number of hydrogen-bond donors (Lipinski definition) is 1. The number of hydrogen-bond acceptors (Lipinski definition) is 4. The Hall–Kier alpha value is -3.05. The molecule has 6 heteroatoms. The fraction of sp³-hybridized carbons (Fsp3) is 0.143. The highest BCUT2D eigenvalue weighted by Crippen LogP contribution is 2.25. The van der Waals surface area contributed by atoms with Gasteiger partial charge in [0.15, 0.2) is 6.61 Å². The summed E-state index contributed by atoms with van der Waals surface area (Å²) < 4.78 is 5.41. The summed E-state index contributed by atoms with van der Waals surface area (Å²) in [4.78, 5) is 23.2. The van der Waals surface area contributed by atoms with Crippen molar-refractivity contribution in [2.45, 2.75) is 13.8 Å². The molecule has 0 saturated carbocycles. The van der Waals surface area contributed by atoms with Crippen molar-refractivity contribution in [1.82, 2.24) is 5.32 Å². The Morgan fingerprint density at radius 1 is 1.15 bits per heavy atom. The zero-order chi connectivity index (χ0) is 19.8. The number of ether oxygens (including phenoxy) is 1. The van der Waals surface area contributed by atoms with Gasteiger partial charge in [0.05, 0.1) is 11.7 Å². The third-order valence-electron chi connectivity index (χ3n) is 3.63. The molecule has 0 unspecified atom stereocenters. The Morgan fingerprint density at radius 3 is 2.37 bits per heavy atom. The van der Waals surface area contributed by atoms with Crippen LogP contribution in [0, 0.1) is 13.8 Å². The highest BCUT2D eigenvalue weighted by Gasteiger charge is 2.08. The lowest BCUT2D eigenvalue weighted by Crippen LogP contribution is -2.37. The summed E-state index contributed by atoms with van der Waals surface area (Å²) >= 11 is 6.09. The Labute approximate surface area is 162 Å². The van der Waals surface area contributed by atoms with Gasteiger partial charge >= 0.3 is 0 Å². The van der Waals surface area contributed by atoms with E-state index in [9.17, 15) is 14.7 Å². The molecule has 0 spiro atoms. The third kappa shape index (κ3) is 6.31. The Morgan fingerprint density at radius 2 is 1.78 bits per heavy atom. The fourth-order valence-electron chi connectivity index (χ4n) is 2.31. The van der Waals surface area contributed by atoms with Crippen molar-refractivity contribution in [2.75, 3.05) is 6.61 Å². The predicted molar refractivity (Wildman–Crippen MR) is 103 cm³/mol. The van der Waals surface area contributed by atoms with Gasteiger partial charge in [0.1, 0.15) is 5.75 Å². The molecule has 0 aliphatic carbocycles. The maximum absolute atomic E-state index is 12.0. The van der Waals surface area contributed by atoms with Crippen LogP contribution in [-0.4, -0.2) is 18.5 Å². The van der Waals surface area contributed by atoms with E-state index in [1.165, 1.54) is 12.2 Å². The van der Waals surface area contributed by atoms with Crippen LogP contribution in [0.3, 0.4) is 0 Å². The molecule has 0 radical (unpaired) electrons. The Kier molecular flexibility index (Phi) is 7.20. The van der Waals surface area contributed by atoms with Crippen LogP contribution in [0.25, 0.3) is 6.08 Å². The molecule has 0 atom stereocenters. The topological polar surface area (TPSA) is 78.5 Å². The normalized spacial score (nSPS) is 11.4. The number of aliphatic carboxylic acids is 1. The van der Waals surface area contributed by atoms with E-state index in [2.05, 4.69) is 5.32 Å². The Bertz CT molecular complexity index is 865. The minimum absolute atomic E-state index is 0.340. The fourth-order valence-corrected chi connectivity index (χ4v) is 2.41. The molecule has 0 saturated heterocycles. The van der Waals surface area contributed by atoms with E-state index < -0.39 is 11.9 Å². The molecule has 0 aromatic heterocycles. The number of nitrogens with one attached hydrogen (secondary N) is 1. The van der Waals surface area contributed by atoms with Gasteiger partial charge in [-0.25, -0.2) is 0 Å². The average molecular weight is 385 g/mol. The number of rotatable bonds is 7. The van der Waals surface area contributed by atoms with E-state index >= 15 is 0 Å². The van der Waals surface area contributed by atoms with Gasteiger partial charge in [-0.1, -0.05) is 54.1 Å². The quantitative estimate of drug-likeness (QED) is 0.588. The maximum atomic E-state index is 12.0. The zero-order valence-electron chi connectivity index (χ0n) is 15.0. The van der Waals surface area contributed by atoms with Crippen molar-refractivity contribution in [3.63, 3.8) is 0 Å². The summed E-state index contributed by atoms with van der Waals surface area (Å²) in [7, 11) is 0. The van der Waals surface area contributed by atoms with Crippen molar-refractivity contribution in [3.05, 3.63) is 82.0 Å². The number of amides is 1. The van der Waals surface area contributed by atoms with Gasteiger partial charge in [0.2, 0.25) is 0 Å². The first-order valence-electron chi connectivity index (χ1n) is 8.21. The van der Waals surface area contributed by atoms with Crippen LogP contribution >= 0.6 is 11.6 Å². The monoisotopic (exact) mass is 384 g/mol. The van der Waals surface area contributed by atoms with E-state index in [0.717, 1.165) is 16.7 Å². The minimum Gasteiger partial charge on any atom is -0.543 e. The van der Waals surface area contributed by atoms with Gasteiger partial charge in [-0.05, 0) is 48.7 Å². The highest BCUT2D eigenvalue weighted by molar-refractivity contribution is 6.32. The van der Waals surface area contributed by atoms with Gasteiger partial charge in [-0.3, -0.25) is 4.79 Å². The van der Waals surface area contributed by atoms with Crippen molar-refractivity contribution < 1.29 is 19.4 Å². The lowest BCUT2D eigenvalue weighted by molar-refractivity contribution is -0.299. The smallest absolute Gasteiger partial charge is 0.262 e. The summed E-state index contributed by atoms with van der Waals surface area (Å²) in [6, 6.07) is 12.8. The van der Waals surface area contributed by atoms with Crippen LogP contribution in [0.5, 0.6) is 5.75 Å². The van der Waals surface area contributed by atoms with E-state index in [1.54, 1.807) is 18.2 Å². The molecular weight excluding hydrogens is 366 g/mol. The second-order valence-electron chi connectivity index (χ2n) is 5.85. The highest BCUT2D eigenvalue weighted by atomic mass is 35.5.